The van der Waals surface area contributed by atoms with Crippen molar-refractivity contribution in [2.45, 2.75) is 11.8 Å². The van der Waals surface area contributed by atoms with Crippen molar-refractivity contribution in [1.82, 2.24) is 0 Å². The minimum Gasteiger partial charge on any atom is -0.207 e. The minimum atomic E-state index is -3.90. The van der Waals surface area contributed by atoms with Gasteiger partial charge in [-0.15, -0.1) is 0 Å². The van der Waals surface area contributed by atoms with Crippen LogP contribution < -0.4 is 0 Å². The fourth-order valence-corrected chi connectivity index (χ4v) is 3.81. The zero-order valence-corrected chi connectivity index (χ0v) is 18.0. The Morgan fingerprint density at radius 1 is 0.929 bits per heavy atom. The van der Waals surface area contributed by atoms with Gasteiger partial charge in [-0.05, 0) is 89.7 Å². The van der Waals surface area contributed by atoms with Crippen LogP contribution >= 0.6 is 22.6 Å². The van der Waals surface area contributed by atoms with Crippen molar-refractivity contribution < 1.29 is 12.8 Å². The maximum Gasteiger partial charge on any atom is 0.282 e. The Bertz CT molecular complexity index is 1120. The quantitative estimate of drug-likeness (QED) is 0.334. The summed E-state index contributed by atoms with van der Waals surface area (Å²) in [4.78, 5) is 0.111. The van der Waals surface area contributed by atoms with Crippen LogP contribution in [0.2, 0.25) is 0 Å². The van der Waals surface area contributed by atoms with Gasteiger partial charge in [0.25, 0.3) is 10.0 Å². The zero-order valence-electron chi connectivity index (χ0n) is 15.0. The molecule has 0 heterocycles. The van der Waals surface area contributed by atoms with Crippen molar-refractivity contribution in [3.8, 4) is 0 Å². The number of hydrogen-bond donors (Lipinski definition) is 0. The van der Waals surface area contributed by atoms with Crippen LogP contribution in [-0.4, -0.2) is 14.1 Å². The first-order valence-corrected chi connectivity index (χ1v) is 11.0. The SMILES string of the molecule is Cc1ccc(S(=O)(=O)/N=C(\C=C\c2ccc(I)cc2)c2ccc(F)cc2)cc1. The molecule has 142 valence electrons. The van der Waals surface area contributed by atoms with E-state index in [1.54, 1.807) is 24.3 Å². The number of allylic oxidation sites excluding steroid dienone is 1. The van der Waals surface area contributed by atoms with Gasteiger partial charge in [-0.3, -0.25) is 0 Å². The Morgan fingerprint density at radius 2 is 1.54 bits per heavy atom. The van der Waals surface area contributed by atoms with Crippen molar-refractivity contribution >= 4 is 44.4 Å². The summed E-state index contributed by atoms with van der Waals surface area (Å²) in [6, 6.07) is 19.8. The lowest BCUT2D eigenvalue weighted by molar-refractivity contribution is 0.598. The summed E-state index contributed by atoms with van der Waals surface area (Å²) in [5.41, 5.74) is 2.61. The van der Waals surface area contributed by atoms with Crippen molar-refractivity contribution in [3.05, 3.63) is 105 Å². The van der Waals surface area contributed by atoms with Crippen LogP contribution in [0.3, 0.4) is 0 Å². The number of nitrogens with zero attached hydrogens (tertiary/aromatic N) is 1. The standard InChI is InChI=1S/C22H17FINO2S/c1-16-2-13-21(14-3-16)28(26,27)25-22(18-7-9-19(23)10-8-18)15-6-17-4-11-20(24)12-5-17/h2-15H,1H3/b15-6+,25-22+. The van der Waals surface area contributed by atoms with E-state index < -0.39 is 15.8 Å². The summed E-state index contributed by atoms with van der Waals surface area (Å²) >= 11 is 2.21. The first kappa shape index (κ1) is 20.4. The Labute approximate surface area is 177 Å². The number of hydrogen-bond acceptors (Lipinski definition) is 2. The van der Waals surface area contributed by atoms with E-state index in [-0.39, 0.29) is 10.6 Å². The third-order valence-corrected chi connectivity index (χ3v) is 6.01. The fourth-order valence-electron chi connectivity index (χ4n) is 2.44. The molecule has 0 aliphatic carbocycles. The topological polar surface area (TPSA) is 46.5 Å². The van der Waals surface area contributed by atoms with E-state index in [2.05, 4.69) is 27.0 Å². The third-order valence-electron chi connectivity index (χ3n) is 3.98. The summed E-state index contributed by atoms with van der Waals surface area (Å²) in [6.45, 7) is 1.88. The van der Waals surface area contributed by atoms with Gasteiger partial charge < -0.3 is 0 Å². The largest absolute Gasteiger partial charge is 0.282 e. The van der Waals surface area contributed by atoms with Gasteiger partial charge in [0.05, 0.1) is 10.6 Å². The molecule has 3 nitrogen and oxygen atoms in total. The predicted octanol–water partition coefficient (Wildman–Crippen LogP) is 5.63. The molecule has 0 aliphatic rings. The van der Waals surface area contributed by atoms with E-state index in [0.717, 1.165) is 14.7 Å². The molecule has 0 aromatic heterocycles. The summed E-state index contributed by atoms with van der Waals surface area (Å²) < 4.78 is 43.9. The summed E-state index contributed by atoms with van der Waals surface area (Å²) in [5.74, 6) is -0.397. The van der Waals surface area contributed by atoms with Crippen molar-refractivity contribution in [2.24, 2.45) is 4.40 Å². The average Bonchev–Trinajstić information content (AvgIpc) is 2.67. The van der Waals surface area contributed by atoms with Gasteiger partial charge in [-0.1, -0.05) is 35.9 Å². The lowest BCUT2D eigenvalue weighted by atomic mass is 10.1. The first-order chi connectivity index (χ1) is 13.3. The van der Waals surface area contributed by atoms with Gasteiger partial charge in [0.2, 0.25) is 0 Å². The highest BCUT2D eigenvalue weighted by atomic mass is 127. The highest BCUT2D eigenvalue weighted by molar-refractivity contribution is 14.1. The molecule has 0 spiro atoms. The van der Waals surface area contributed by atoms with E-state index in [4.69, 9.17) is 0 Å². The Kier molecular flexibility index (Phi) is 6.41. The summed E-state index contributed by atoms with van der Waals surface area (Å²) in [7, 11) is -3.90. The molecule has 0 N–H and O–H groups in total. The van der Waals surface area contributed by atoms with Gasteiger partial charge in [0, 0.05) is 9.13 Å². The van der Waals surface area contributed by atoms with Crippen LogP contribution in [0.1, 0.15) is 16.7 Å². The van der Waals surface area contributed by atoms with E-state index in [1.165, 1.54) is 36.4 Å². The maximum absolute atomic E-state index is 13.3. The van der Waals surface area contributed by atoms with Crippen LogP contribution in [0, 0.1) is 16.3 Å². The molecule has 0 saturated heterocycles. The number of benzene rings is 3. The molecule has 28 heavy (non-hydrogen) atoms. The molecule has 0 aliphatic heterocycles. The monoisotopic (exact) mass is 505 g/mol. The molecule has 0 bridgehead atoms. The lowest BCUT2D eigenvalue weighted by Gasteiger charge is -2.05. The van der Waals surface area contributed by atoms with Crippen LogP contribution in [-0.2, 0) is 10.0 Å². The fraction of sp³-hybridized carbons (Fsp3) is 0.0455. The van der Waals surface area contributed by atoms with Gasteiger partial charge in [0.1, 0.15) is 5.82 Å². The number of sulfonamides is 1. The van der Waals surface area contributed by atoms with E-state index in [9.17, 15) is 12.8 Å². The lowest BCUT2D eigenvalue weighted by Crippen LogP contribution is -2.04. The van der Waals surface area contributed by atoms with Crippen LogP contribution in [0.25, 0.3) is 6.08 Å². The second kappa shape index (κ2) is 8.79. The first-order valence-electron chi connectivity index (χ1n) is 8.45. The molecular formula is C22H17FINO2S. The molecule has 0 saturated carbocycles. The molecule has 0 atom stereocenters. The number of aryl methyl sites for hydroxylation is 1. The minimum absolute atomic E-state index is 0.111. The summed E-state index contributed by atoms with van der Waals surface area (Å²) in [6.07, 6.45) is 3.41. The average molecular weight is 505 g/mol. The van der Waals surface area contributed by atoms with Gasteiger partial charge in [0.15, 0.2) is 0 Å². The number of halogens is 2. The Hall–Kier alpha value is -2.32. The molecule has 0 amide bonds. The molecule has 0 radical (unpaired) electrons. The van der Waals surface area contributed by atoms with Gasteiger partial charge in [-0.2, -0.15) is 12.8 Å². The second-order valence-corrected chi connectivity index (χ2v) is 9.01. The van der Waals surface area contributed by atoms with Crippen LogP contribution in [0.5, 0.6) is 0 Å². The van der Waals surface area contributed by atoms with E-state index in [0.29, 0.717) is 5.56 Å². The van der Waals surface area contributed by atoms with Crippen molar-refractivity contribution in [3.63, 3.8) is 0 Å². The predicted molar refractivity (Wildman–Crippen MR) is 119 cm³/mol. The van der Waals surface area contributed by atoms with Gasteiger partial charge >= 0.3 is 0 Å². The van der Waals surface area contributed by atoms with E-state index in [1.807, 2.05) is 31.2 Å². The molecule has 3 rings (SSSR count). The normalized spacial score (nSPS) is 12.5. The maximum atomic E-state index is 13.3. The molecule has 3 aromatic carbocycles. The molecular weight excluding hydrogens is 488 g/mol. The van der Waals surface area contributed by atoms with Gasteiger partial charge in [-0.25, -0.2) is 4.39 Å². The van der Waals surface area contributed by atoms with Crippen LogP contribution in [0.4, 0.5) is 4.39 Å². The Balaban J connectivity index is 2.04. The van der Waals surface area contributed by atoms with Crippen LogP contribution in [0.15, 0.2) is 88.2 Å². The highest BCUT2D eigenvalue weighted by Gasteiger charge is 2.14. The van der Waals surface area contributed by atoms with Crippen molar-refractivity contribution in [1.29, 1.82) is 0 Å². The van der Waals surface area contributed by atoms with Crippen molar-refractivity contribution in [2.75, 3.05) is 0 Å². The summed E-state index contributed by atoms with van der Waals surface area (Å²) in [5, 5.41) is 0. The molecule has 3 aromatic rings. The Morgan fingerprint density at radius 3 is 2.14 bits per heavy atom. The highest BCUT2D eigenvalue weighted by Crippen LogP contribution is 2.17. The zero-order chi connectivity index (χ0) is 20.1. The third kappa shape index (κ3) is 5.36. The van der Waals surface area contributed by atoms with E-state index >= 15 is 0 Å². The molecule has 0 unspecified atom stereocenters. The second-order valence-electron chi connectivity index (χ2n) is 6.16. The molecule has 6 heteroatoms. The smallest absolute Gasteiger partial charge is 0.207 e. The molecule has 0 fully saturated rings. The number of rotatable bonds is 5.